The molecule has 3 aromatic carbocycles. The lowest BCUT2D eigenvalue weighted by Gasteiger charge is -2.15. The number of halogens is 7. The van der Waals surface area contributed by atoms with Gasteiger partial charge in [-0.25, -0.2) is 22.0 Å². The first-order valence-electron chi connectivity index (χ1n) is 10.3. The van der Waals surface area contributed by atoms with Gasteiger partial charge in [0.15, 0.2) is 23.3 Å². The Morgan fingerprint density at radius 3 is 2.05 bits per heavy atom. The monoisotopic (exact) mass is 735 g/mol. The van der Waals surface area contributed by atoms with Crippen LogP contribution in [0.15, 0.2) is 47.1 Å². The first kappa shape index (κ1) is 27.0. The Bertz CT molecular complexity index is 1500. The van der Waals surface area contributed by atoms with Crippen molar-refractivity contribution in [1.82, 2.24) is 0 Å². The number of nitriles is 1. The van der Waals surface area contributed by atoms with Crippen LogP contribution < -0.4 is 9.75 Å². The molecule has 5 nitrogen and oxygen atoms in total. The van der Waals surface area contributed by atoms with Crippen molar-refractivity contribution >= 4 is 68.6 Å². The molecule has 1 amide bonds. The van der Waals surface area contributed by atoms with E-state index in [9.17, 15) is 26.7 Å². The number of benzene rings is 3. The minimum absolute atomic E-state index is 0.0279. The van der Waals surface area contributed by atoms with E-state index in [1.54, 1.807) is 36.4 Å². The molecule has 0 unspecified atom stereocenters. The molecule has 37 heavy (non-hydrogen) atoms. The molecular weight excluding hydrogens is 723 g/mol. The highest BCUT2D eigenvalue weighted by Gasteiger charge is 2.37. The van der Waals surface area contributed by atoms with Crippen LogP contribution in [0.3, 0.4) is 0 Å². The van der Waals surface area contributed by atoms with Crippen LogP contribution in [0.2, 0.25) is 0 Å². The molecule has 12 heteroatoms. The molecule has 188 valence electrons. The number of hydrogen-bond donors (Lipinski definition) is 0. The quantitative estimate of drug-likeness (QED) is 0.0948. The number of amides is 1. The number of hydrogen-bond acceptors (Lipinski definition) is 4. The zero-order chi connectivity index (χ0) is 27.0. The van der Waals surface area contributed by atoms with Crippen LogP contribution in [0, 0.1) is 47.6 Å². The molecule has 0 aromatic heterocycles. The number of carbonyl (C=O) groups is 1. The highest BCUT2D eigenvalue weighted by molar-refractivity contribution is 14.1. The minimum Gasteiger partial charge on any atom is -0.487 e. The lowest BCUT2D eigenvalue weighted by molar-refractivity contribution is -0.114. The Hall–Kier alpha value is -3.06. The third-order valence-corrected chi connectivity index (χ3v) is 6.86. The Kier molecular flexibility index (Phi) is 7.83. The molecule has 0 fully saturated rings. The Morgan fingerprint density at radius 2 is 1.51 bits per heavy atom. The maximum absolute atomic E-state index is 14.3. The van der Waals surface area contributed by atoms with E-state index in [2.05, 4.69) is 5.10 Å². The van der Waals surface area contributed by atoms with Crippen LogP contribution in [0.4, 0.5) is 27.6 Å². The highest BCUT2D eigenvalue weighted by atomic mass is 127. The zero-order valence-corrected chi connectivity index (χ0v) is 22.9. The summed E-state index contributed by atoms with van der Waals surface area (Å²) < 4.78 is 76.6. The molecule has 4 rings (SSSR count). The van der Waals surface area contributed by atoms with Gasteiger partial charge in [0, 0.05) is 0 Å². The second-order valence-electron chi connectivity index (χ2n) is 7.69. The molecule has 0 saturated heterocycles. The van der Waals surface area contributed by atoms with E-state index in [1.165, 1.54) is 13.0 Å². The molecule has 0 atom stereocenters. The predicted molar refractivity (Wildman–Crippen MR) is 142 cm³/mol. The number of ether oxygens (including phenoxy) is 1. The lowest BCUT2D eigenvalue weighted by atomic mass is 10.1. The fourth-order valence-corrected chi connectivity index (χ4v) is 5.54. The van der Waals surface area contributed by atoms with Gasteiger partial charge in [0.1, 0.15) is 18.0 Å². The summed E-state index contributed by atoms with van der Waals surface area (Å²) in [6.45, 7) is 1.63. The fourth-order valence-electron chi connectivity index (χ4n) is 3.41. The van der Waals surface area contributed by atoms with E-state index in [0.29, 0.717) is 24.0 Å². The maximum atomic E-state index is 14.3. The highest BCUT2D eigenvalue weighted by Crippen LogP contribution is 2.35. The van der Waals surface area contributed by atoms with Crippen molar-refractivity contribution in [2.24, 2.45) is 5.10 Å². The van der Waals surface area contributed by atoms with Crippen molar-refractivity contribution in [1.29, 1.82) is 5.26 Å². The van der Waals surface area contributed by atoms with Crippen LogP contribution in [0.1, 0.15) is 23.6 Å². The van der Waals surface area contributed by atoms with Gasteiger partial charge in [0.25, 0.3) is 5.91 Å². The average Bonchev–Trinajstić information content (AvgIpc) is 3.14. The summed E-state index contributed by atoms with van der Waals surface area (Å²) in [7, 11) is 0. The summed E-state index contributed by atoms with van der Waals surface area (Å²) >= 11 is 4.10. The summed E-state index contributed by atoms with van der Waals surface area (Å²) in [5, 5.41) is 12.8. The molecule has 0 aliphatic carbocycles. The lowest BCUT2D eigenvalue weighted by Crippen LogP contribution is -2.25. The maximum Gasteiger partial charge on any atom is 0.280 e. The van der Waals surface area contributed by atoms with E-state index >= 15 is 0 Å². The van der Waals surface area contributed by atoms with E-state index in [1.807, 2.05) is 51.3 Å². The molecule has 1 aliphatic heterocycles. The second kappa shape index (κ2) is 10.7. The molecule has 0 N–H and O–H groups in total. The van der Waals surface area contributed by atoms with Crippen LogP contribution >= 0.6 is 45.2 Å². The van der Waals surface area contributed by atoms with Gasteiger partial charge in [-0.2, -0.15) is 15.4 Å². The Balaban J connectivity index is 1.61. The topological polar surface area (TPSA) is 65.7 Å². The van der Waals surface area contributed by atoms with E-state index in [0.717, 1.165) is 5.56 Å². The first-order valence-corrected chi connectivity index (χ1v) is 12.4. The van der Waals surface area contributed by atoms with Gasteiger partial charge in [-0.1, -0.05) is 12.1 Å². The average molecular weight is 735 g/mol. The van der Waals surface area contributed by atoms with Crippen molar-refractivity contribution < 1.29 is 31.5 Å². The van der Waals surface area contributed by atoms with Crippen molar-refractivity contribution in [3.8, 4) is 11.8 Å². The molecule has 1 aliphatic rings. The molecule has 0 spiro atoms. The molecule has 0 saturated carbocycles. The van der Waals surface area contributed by atoms with Gasteiger partial charge in [0.2, 0.25) is 5.82 Å². The van der Waals surface area contributed by atoms with Gasteiger partial charge < -0.3 is 4.74 Å². The SMILES string of the molecule is CC1=NN(c2c(F)c(F)c(F)c(F)c2F)C(=O)/C1=C\c1cc(I)c(OCc2ccc(C#N)cc2)c(I)c1. The fraction of sp³-hybridized carbons (Fsp3) is 0.0800. The number of hydrazone groups is 1. The first-order chi connectivity index (χ1) is 17.5. The number of anilines is 1. The van der Waals surface area contributed by atoms with Gasteiger partial charge in [0.05, 0.1) is 30.1 Å². The zero-order valence-electron chi connectivity index (χ0n) is 18.6. The van der Waals surface area contributed by atoms with Gasteiger partial charge in [-0.15, -0.1) is 0 Å². The van der Waals surface area contributed by atoms with Crippen molar-refractivity contribution in [3.63, 3.8) is 0 Å². The van der Waals surface area contributed by atoms with Crippen LogP contribution in [0.25, 0.3) is 6.08 Å². The van der Waals surface area contributed by atoms with Crippen molar-refractivity contribution in [2.75, 3.05) is 5.01 Å². The smallest absolute Gasteiger partial charge is 0.280 e. The van der Waals surface area contributed by atoms with E-state index in [-0.39, 0.29) is 22.9 Å². The normalized spacial score (nSPS) is 14.2. The molecule has 0 bridgehead atoms. The van der Waals surface area contributed by atoms with E-state index < -0.39 is 40.7 Å². The third-order valence-electron chi connectivity index (χ3n) is 5.26. The summed E-state index contributed by atoms with van der Waals surface area (Å²) in [5.41, 5.74) is 0.413. The van der Waals surface area contributed by atoms with Crippen molar-refractivity contribution in [2.45, 2.75) is 13.5 Å². The van der Waals surface area contributed by atoms with Gasteiger partial charge >= 0.3 is 0 Å². The van der Waals surface area contributed by atoms with Crippen LogP contribution in [-0.2, 0) is 11.4 Å². The number of carbonyl (C=O) groups excluding carboxylic acids is 1. The van der Waals surface area contributed by atoms with Gasteiger partial charge in [-0.3, -0.25) is 4.79 Å². The van der Waals surface area contributed by atoms with Crippen LogP contribution in [0.5, 0.6) is 5.75 Å². The molecular formula is C25H12F5I2N3O2. The summed E-state index contributed by atoms with van der Waals surface area (Å²) in [5.74, 6) is -11.5. The molecule has 0 radical (unpaired) electrons. The number of rotatable bonds is 5. The Labute approximate surface area is 234 Å². The Morgan fingerprint density at radius 1 is 0.973 bits per heavy atom. The largest absolute Gasteiger partial charge is 0.487 e. The van der Waals surface area contributed by atoms with E-state index in [4.69, 9.17) is 10.00 Å². The van der Waals surface area contributed by atoms with Crippen LogP contribution in [-0.4, -0.2) is 11.6 Å². The van der Waals surface area contributed by atoms with Crippen molar-refractivity contribution in [3.05, 3.63) is 94.9 Å². The summed E-state index contributed by atoms with van der Waals surface area (Å²) in [4.78, 5) is 12.9. The predicted octanol–water partition coefficient (Wildman–Crippen LogP) is 6.85. The summed E-state index contributed by atoms with van der Waals surface area (Å²) in [6.07, 6.45) is 1.40. The molecule has 3 aromatic rings. The number of nitrogens with zero attached hydrogens (tertiary/aromatic N) is 3. The minimum atomic E-state index is -2.33. The summed E-state index contributed by atoms with van der Waals surface area (Å²) in [6, 6.07) is 12.4. The third kappa shape index (κ3) is 5.19. The van der Waals surface area contributed by atoms with Gasteiger partial charge in [-0.05, 0) is 93.6 Å². The standard InChI is InChI=1S/C25H12F5I2N3O2/c1-11-15(25(36)35(34-11)23-21(29)19(27)18(26)20(28)22(23)30)6-14-7-16(31)24(17(32)8-14)37-10-13-4-2-12(9-33)3-5-13/h2-8H,10H2,1H3/b15-6-. The second-order valence-corrected chi connectivity index (χ2v) is 10.0. The molecule has 1 heterocycles.